The van der Waals surface area contributed by atoms with Crippen LogP contribution >= 0.6 is 0 Å². The first-order valence-corrected chi connectivity index (χ1v) is 13.8. The number of benzene rings is 1. The first kappa shape index (κ1) is 27.8. The summed E-state index contributed by atoms with van der Waals surface area (Å²) in [5.41, 5.74) is 10.4. The van der Waals surface area contributed by atoms with Gasteiger partial charge in [-0.05, 0) is 31.9 Å². The molecule has 1 atom stereocenters. The smallest absolute Gasteiger partial charge is 0.269 e. The maximum atomic E-state index is 13.1. The van der Waals surface area contributed by atoms with Crippen molar-refractivity contribution in [2.45, 2.75) is 26.4 Å². The average Bonchev–Trinajstić information content (AvgIpc) is 3.69. The summed E-state index contributed by atoms with van der Waals surface area (Å²) in [5.74, 6) is 0.528. The number of para-hydroxylation sites is 1. The minimum Gasteiger partial charge on any atom is -0.472 e. The number of hydrogen-bond acceptors (Lipinski definition) is 10. The van der Waals surface area contributed by atoms with Crippen molar-refractivity contribution in [2.75, 3.05) is 30.3 Å². The highest BCUT2D eigenvalue weighted by molar-refractivity contribution is 6.06. The molecule has 5 aromatic rings. The zero-order chi connectivity index (χ0) is 30.1. The molecule has 0 saturated carbocycles. The lowest BCUT2D eigenvalue weighted by Gasteiger charge is -2.16. The summed E-state index contributed by atoms with van der Waals surface area (Å²) in [6.45, 7) is 5.35. The third-order valence-electron chi connectivity index (χ3n) is 7.32. The Balaban J connectivity index is 1.13. The van der Waals surface area contributed by atoms with Crippen LogP contribution in [0.1, 0.15) is 28.2 Å². The molecule has 220 valence electrons. The summed E-state index contributed by atoms with van der Waals surface area (Å²) in [6.07, 6.45) is 6.93. The van der Waals surface area contributed by atoms with E-state index in [0.29, 0.717) is 37.0 Å². The number of primary amides is 1. The molecule has 1 aliphatic rings. The summed E-state index contributed by atoms with van der Waals surface area (Å²) < 4.78 is 7.66. The third kappa shape index (κ3) is 5.99. The van der Waals surface area contributed by atoms with E-state index in [1.165, 1.54) is 12.4 Å². The van der Waals surface area contributed by atoms with Crippen molar-refractivity contribution in [3.8, 4) is 17.1 Å². The number of amides is 2. The average molecular weight is 582 g/mol. The van der Waals surface area contributed by atoms with Gasteiger partial charge in [0.25, 0.3) is 5.91 Å². The second-order valence-corrected chi connectivity index (χ2v) is 10.5. The van der Waals surface area contributed by atoms with Crippen LogP contribution in [0.4, 0.5) is 17.5 Å². The summed E-state index contributed by atoms with van der Waals surface area (Å²) in [6, 6.07) is 7.69. The summed E-state index contributed by atoms with van der Waals surface area (Å²) >= 11 is 0. The van der Waals surface area contributed by atoms with Crippen molar-refractivity contribution in [1.29, 1.82) is 0 Å². The first-order valence-electron chi connectivity index (χ1n) is 13.8. The van der Waals surface area contributed by atoms with Crippen LogP contribution in [0.2, 0.25) is 0 Å². The van der Waals surface area contributed by atoms with Crippen LogP contribution in [0.5, 0.6) is 5.88 Å². The number of nitrogens with zero attached hydrogens (tertiary/aromatic N) is 7. The number of carbonyl (C=O) groups is 2. The van der Waals surface area contributed by atoms with Crippen molar-refractivity contribution in [1.82, 2.24) is 39.6 Å². The number of fused-ring (bicyclic) bond motifs is 1. The molecular weight excluding hydrogens is 550 g/mol. The van der Waals surface area contributed by atoms with Gasteiger partial charge < -0.3 is 26.1 Å². The molecule has 1 saturated heterocycles. The van der Waals surface area contributed by atoms with Crippen LogP contribution in [0, 0.1) is 13.8 Å². The Kier molecular flexibility index (Phi) is 7.42. The Morgan fingerprint density at radius 3 is 2.84 bits per heavy atom. The zero-order valence-electron chi connectivity index (χ0n) is 24.0. The number of aryl methyl sites for hydroxylation is 3. The van der Waals surface area contributed by atoms with Crippen molar-refractivity contribution in [3.05, 3.63) is 66.0 Å². The van der Waals surface area contributed by atoms with Crippen molar-refractivity contribution < 1.29 is 14.3 Å². The second kappa shape index (κ2) is 11.5. The van der Waals surface area contributed by atoms with E-state index in [0.717, 1.165) is 33.4 Å². The number of H-pyrrole nitrogens is 1. The predicted molar refractivity (Wildman–Crippen MR) is 160 cm³/mol. The minimum atomic E-state index is -0.670. The lowest BCUT2D eigenvalue weighted by Crippen LogP contribution is -2.33. The van der Waals surface area contributed by atoms with E-state index in [4.69, 9.17) is 15.5 Å². The zero-order valence-corrected chi connectivity index (χ0v) is 24.0. The van der Waals surface area contributed by atoms with Gasteiger partial charge in [-0.3, -0.25) is 24.2 Å². The fraction of sp³-hybridized carbons (Fsp3) is 0.276. The number of aromatic amines is 1. The number of hydrogen-bond donors (Lipinski definition) is 4. The van der Waals surface area contributed by atoms with Crippen LogP contribution < -0.4 is 21.1 Å². The van der Waals surface area contributed by atoms with Gasteiger partial charge in [0.1, 0.15) is 11.8 Å². The number of ether oxygens (including phenoxy) is 1. The Morgan fingerprint density at radius 2 is 2.05 bits per heavy atom. The van der Waals surface area contributed by atoms with E-state index in [1.807, 2.05) is 56.3 Å². The molecule has 0 aliphatic carbocycles. The Morgan fingerprint density at radius 1 is 1.19 bits per heavy atom. The summed E-state index contributed by atoms with van der Waals surface area (Å²) in [4.78, 5) is 47.0. The van der Waals surface area contributed by atoms with Gasteiger partial charge in [-0.15, -0.1) is 0 Å². The van der Waals surface area contributed by atoms with Crippen LogP contribution in [-0.2, 0) is 11.8 Å². The summed E-state index contributed by atoms with van der Waals surface area (Å²) in [5, 5.41) is 11.6. The normalized spacial score (nSPS) is 15.1. The fourth-order valence-electron chi connectivity index (χ4n) is 5.09. The Bertz CT molecular complexity index is 1810. The molecule has 43 heavy (non-hydrogen) atoms. The van der Waals surface area contributed by atoms with E-state index < -0.39 is 5.91 Å². The largest absolute Gasteiger partial charge is 0.472 e. The topological polar surface area (TPSA) is 182 Å². The molecule has 0 bridgehead atoms. The van der Waals surface area contributed by atoms with E-state index in [9.17, 15) is 9.59 Å². The number of nitrogens with two attached hydrogens (primary N) is 1. The monoisotopic (exact) mass is 581 g/mol. The Hall–Kier alpha value is -5.37. The van der Waals surface area contributed by atoms with Crippen LogP contribution in [0.15, 0.2) is 49.1 Å². The number of nitrogens with one attached hydrogen (secondary N) is 3. The molecule has 0 radical (unpaired) electrons. The number of aromatic nitrogens is 7. The standard InChI is InChI=1S/C29H31N11O3/c1-16-10-33-29(36-23-9-17(2)39(3)38-23)37-26(16)20-11-32-27-19(20)5-4-6-21(27)34-24(41)15-40-8-7-18(14-40)43-25-13-31-12-22(35-25)28(30)42/h4-6,9-13,18,32H,7-8,14-15H2,1-3H3,(H2,30,42)(H,34,41)(H,33,36,37,38). The molecule has 4 aromatic heterocycles. The van der Waals surface area contributed by atoms with Gasteiger partial charge in [0.15, 0.2) is 5.82 Å². The molecule has 1 aliphatic heterocycles. The highest BCUT2D eigenvalue weighted by atomic mass is 16.5. The number of rotatable bonds is 9. The maximum Gasteiger partial charge on any atom is 0.269 e. The van der Waals surface area contributed by atoms with Gasteiger partial charge in [-0.25, -0.2) is 15.0 Å². The molecule has 1 unspecified atom stereocenters. The molecule has 2 amide bonds. The van der Waals surface area contributed by atoms with Gasteiger partial charge in [0.05, 0.1) is 35.8 Å². The van der Waals surface area contributed by atoms with Gasteiger partial charge in [-0.1, -0.05) is 12.1 Å². The first-order chi connectivity index (χ1) is 20.7. The molecule has 14 nitrogen and oxygen atoms in total. The summed E-state index contributed by atoms with van der Waals surface area (Å²) in [7, 11) is 1.88. The Labute approximate surface area is 246 Å². The van der Waals surface area contributed by atoms with Gasteiger partial charge in [0.2, 0.25) is 17.7 Å². The van der Waals surface area contributed by atoms with E-state index in [2.05, 4.69) is 35.7 Å². The molecule has 6 rings (SSSR count). The highest BCUT2D eigenvalue weighted by Gasteiger charge is 2.26. The molecule has 1 fully saturated rings. The lowest BCUT2D eigenvalue weighted by atomic mass is 10.1. The third-order valence-corrected chi connectivity index (χ3v) is 7.32. The lowest BCUT2D eigenvalue weighted by molar-refractivity contribution is -0.117. The fourth-order valence-corrected chi connectivity index (χ4v) is 5.09. The SMILES string of the molecule is Cc1cnc(Nc2cc(C)n(C)n2)nc1-c1c[nH]c2c(NC(=O)CN3CCC(Oc4cncc(C(N)=O)n4)C3)cccc12. The number of carbonyl (C=O) groups excluding carboxylic acids is 2. The molecule has 14 heteroatoms. The predicted octanol–water partition coefficient (Wildman–Crippen LogP) is 2.70. The molecule has 5 heterocycles. The molecule has 1 aromatic carbocycles. The molecule has 5 N–H and O–H groups in total. The number of anilines is 3. The maximum absolute atomic E-state index is 13.1. The van der Waals surface area contributed by atoms with Crippen molar-refractivity contribution in [3.63, 3.8) is 0 Å². The number of likely N-dealkylation sites (tertiary alicyclic amines) is 1. The van der Waals surface area contributed by atoms with Crippen LogP contribution in [0.25, 0.3) is 22.2 Å². The van der Waals surface area contributed by atoms with Crippen molar-refractivity contribution >= 4 is 40.2 Å². The van der Waals surface area contributed by atoms with Crippen molar-refractivity contribution in [2.24, 2.45) is 12.8 Å². The van der Waals surface area contributed by atoms with Crippen LogP contribution in [0.3, 0.4) is 0 Å². The minimum absolute atomic E-state index is 0.0416. The van der Waals surface area contributed by atoms with Gasteiger partial charge >= 0.3 is 0 Å². The van der Waals surface area contributed by atoms with E-state index >= 15 is 0 Å². The van der Waals surface area contributed by atoms with Gasteiger partial charge in [0, 0.05) is 55.2 Å². The van der Waals surface area contributed by atoms with Crippen LogP contribution in [-0.4, -0.2) is 77.2 Å². The second-order valence-electron chi connectivity index (χ2n) is 10.5. The van der Waals surface area contributed by atoms with E-state index in [1.54, 1.807) is 10.9 Å². The quantitative estimate of drug-likeness (QED) is 0.202. The molecule has 0 spiro atoms. The highest BCUT2D eigenvalue weighted by Crippen LogP contribution is 2.33. The molecular formula is C29H31N11O3. The van der Waals surface area contributed by atoms with E-state index in [-0.39, 0.29) is 30.1 Å². The van der Waals surface area contributed by atoms with Gasteiger partial charge in [-0.2, -0.15) is 5.10 Å².